The maximum absolute atomic E-state index is 12.9. The van der Waals surface area contributed by atoms with Crippen molar-refractivity contribution in [1.82, 2.24) is 4.90 Å². The van der Waals surface area contributed by atoms with Gasteiger partial charge in [-0.1, -0.05) is 38.1 Å². The predicted octanol–water partition coefficient (Wildman–Crippen LogP) is 5.91. The summed E-state index contributed by atoms with van der Waals surface area (Å²) in [7, 11) is -4.21. The van der Waals surface area contributed by atoms with Gasteiger partial charge in [-0.3, -0.25) is 24.6 Å². The molecule has 1 saturated heterocycles. The van der Waals surface area contributed by atoms with Crippen molar-refractivity contribution < 1.29 is 31.9 Å². The Morgan fingerprint density at radius 3 is 2.33 bits per heavy atom. The molecule has 0 bridgehead atoms. The van der Waals surface area contributed by atoms with Crippen molar-refractivity contribution in [2.24, 2.45) is 0 Å². The number of nitrogens with zero attached hydrogens (tertiary/aromatic N) is 2. The highest BCUT2D eigenvalue weighted by molar-refractivity contribution is 8.18. The van der Waals surface area contributed by atoms with Crippen molar-refractivity contribution in [3.8, 4) is 11.5 Å². The Kier molecular flexibility index (Phi) is 8.60. The predicted molar refractivity (Wildman–Crippen MR) is 151 cm³/mol. The standard InChI is InChI=1S/C28H26N2O8S2/c1-18(2)24-13-4-19(3)16-25(24)37-15-14-29-27(31)26(39-28(29)32)17-20-5-9-22(10-6-20)38-40(35,36)23-11-7-21(8-12-23)30(33)34/h4-13,16-18H,14-15H2,1-3H3/b26-17-. The molecule has 0 radical (unpaired) electrons. The van der Waals surface area contributed by atoms with Gasteiger partial charge in [0.15, 0.2) is 0 Å². The van der Waals surface area contributed by atoms with Crippen LogP contribution in [-0.2, 0) is 14.9 Å². The Morgan fingerprint density at radius 2 is 1.70 bits per heavy atom. The van der Waals surface area contributed by atoms with E-state index in [9.17, 15) is 28.1 Å². The first-order chi connectivity index (χ1) is 18.9. The monoisotopic (exact) mass is 582 g/mol. The molecule has 0 aliphatic carbocycles. The molecule has 3 aromatic rings. The Balaban J connectivity index is 1.38. The van der Waals surface area contributed by atoms with Crippen molar-refractivity contribution in [3.63, 3.8) is 0 Å². The largest absolute Gasteiger partial charge is 0.491 e. The number of carbonyl (C=O) groups is 2. The third-order valence-corrected chi connectivity index (χ3v) is 8.13. The van der Waals surface area contributed by atoms with Crippen molar-refractivity contribution in [2.75, 3.05) is 13.2 Å². The summed E-state index contributed by atoms with van der Waals surface area (Å²) in [4.78, 5) is 36.7. The number of aryl methyl sites for hydroxylation is 1. The first-order valence-corrected chi connectivity index (χ1v) is 14.4. The van der Waals surface area contributed by atoms with Crippen LogP contribution >= 0.6 is 11.8 Å². The van der Waals surface area contributed by atoms with Gasteiger partial charge in [0.2, 0.25) is 0 Å². The third kappa shape index (κ3) is 6.69. The first kappa shape index (κ1) is 28.8. The number of nitro benzene ring substituents is 1. The van der Waals surface area contributed by atoms with Crippen LogP contribution in [0.5, 0.6) is 11.5 Å². The number of ether oxygens (including phenoxy) is 1. The van der Waals surface area contributed by atoms with E-state index in [-0.39, 0.29) is 40.3 Å². The lowest BCUT2D eigenvalue weighted by molar-refractivity contribution is -0.384. The molecule has 0 spiro atoms. The lowest BCUT2D eigenvalue weighted by atomic mass is 10.0. The maximum atomic E-state index is 12.9. The fourth-order valence-corrected chi connectivity index (χ4v) is 5.66. The van der Waals surface area contributed by atoms with Crippen molar-refractivity contribution in [1.29, 1.82) is 0 Å². The molecule has 0 N–H and O–H groups in total. The molecule has 0 aromatic heterocycles. The molecule has 1 aliphatic rings. The van der Waals surface area contributed by atoms with E-state index in [0.29, 0.717) is 5.56 Å². The SMILES string of the molecule is Cc1ccc(C(C)C)c(OCCN2C(=O)S/C(=C\c3ccc(OS(=O)(=O)c4ccc([N+](=O)[O-])cc4)cc3)C2=O)c1. The summed E-state index contributed by atoms with van der Waals surface area (Å²) in [5.41, 5.74) is 2.41. The number of rotatable bonds is 10. The van der Waals surface area contributed by atoms with Crippen LogP contribution in [0.2, 0.25) is 0 Å². The second-order valence-electron chi connectivity index (χ2n) is 9.24. The molecule has 4 rings (SSSR count). The van der Waals surface area contributed by atoms with Crippen LogP contribution in [0.1, 0.15) is 36.5 Å². The van der Waals surface area contributed by atoms with Crippen LogP contribution in [0.15, 0.2) is 76.5 Å². The van der Waals surface area contributed by atoms with E-state index in [1.807, 2.05) is 25.1 Å². The van der Waals surface area contributed by atoms with Crippen LogP contribution in [0.3, 0.4) is 0 Å². The number of hydrogen-bond acceptors (Lipinski definition) is 9. The normalized spacial score (nSPS) is 14.7. The van der Waals surface area contributed by atoms with Crippen LogP contribution in [0, 0.1) is 17.0 Å². The van der Waals surface area contributed by atoms with Gasteiger partial charge in [0.1, 0.15) is 23.0 Å². The summed E-state index contributed by atoms with van der Waals surface area (Å²) < 4.78 is 36.0. The quantitative estimate of drug-likeness (QED) is 0.124. The second-order valence-corrected chi connectivity index (χ2v) is 11.8. The van der Waals surface area contributed by atoms with Crippen molar-refractivity contribution >= 4 is 44.8 Å². The summed E-state index contributed by atoms with van der Waals surface area (Å²) in [6, 6.07) is 16.2. The van der Waals surface area contributed by atoms with Crippen LogP contribution in [0.25, 0.3) is 6.08 Å². The van der Waals surface area contributed by atoms with E-state index in [1.54, 1.807) is 12.1 Å². The number of carbonyl (C=O) groups excluding carboxylic acids is 2. The molecule has 10 nitrogen and oxygen atoms in total. The van der Waals surface area contributed by atoms with E-state index < -0.39 is 26.2 Å². The smallest absolute Gasteiger partial charge is 0.339 e. The summed E-state index contributed by atoms with van der Waals surface area (Å²) >= 11 is 0.816. The van der Waals surface area contributed by atoms with E-state index in [1.165, 1.54) is 18.2 Å². The molecule has 1 heterocycles. The number of non-ortho nitro benzene ring substituents is 1. The summed E-state index contributed by atoms with van der Waals surface area (Å²) in [6.45, 7) is 6.35. The van der Waals surface area contributed by atoms with Gasteiger partial charge in [-0.15, -0.1) is 0 Å². The first-order valence-electron chi connectivity index (χ1n) is 12.2. The summed E-state index contributed by atoms with van der Waals surface area (Å²) in [5, 5.41) is 10.4. The molecule has 0 unspecified atom stereocenters. The van der Waals surface area contributed by atoms with Gasteiger partial charge in [-0.05, 0) is 77.7 Å². The van der Waals surface area contributed by atoms with Crippen LogP contribution < -0.4 is 8.92 Å². The number of hydrogen-bond donors (Lipinski definition) is 0. The fourth-order valence-electron chi connectivity index (χ4n) is 3.86. The molecule has 1 aliphatic heterocycles. The Bertz CT molecular complexity index is 1580. The molecule has 1 fully saturated rings. The Morgan fingerprint density at radius 1 is 1.02 bits per heavy atom. The van der Waals surface area contributed by atoms with Gasteiger partial charge >= 0.3 is 10.1 Å². The van der Waals surface area contributed by atoms with Crippen molar-refractivity contribution in [2.45, 2.75) is 31.6 Å². The topological polar surface area (TPSA) is 133 Å². The van der Waals surface area contributed by atoms with Crippen LogP contribution in [0.4, 0.5) is 10.5 Å². The van der Waals surface area contributed by atoms with E-state index in [0.717, 1.165) is 57.8 Å². The fraction of sp³-hybridized carbons (Fsp3) is 0.214. The minimum absolute atomic E-state index is 0.0117. The Hall–Kier alpha value is -4.16. The molecular weight excluding hydrogens is 556 g/mol. The zero-order valence-electron chi connectivity index (χ0n) is 21.9. The van der Waals surface area contributed by atoms with Gasteiger partial charge in [0.25, 0.3) is 16.8 Å². The minimum Gasteiger partial charge on any atom is -0.491 e. The second kappa shape index (κ2) is 11.9. The number of thioether (sulfide) groups is 1. The highest BCUT2D eigenvalue weighted by Crippen LogP contribution is 2.33. The molecule has 208 valence electrons. The minimum atomic E-state index is -4.21. The highest BCUT2D eigenvalue weighted by atomic mass is 32.2. The zero-order chi connectivity index (χ0) is 29.0. The van der Waals surface area contributed by atoms with Crippen LogP contribution in [-0.4, -0.2) is 42.5 Å². The molecule has 0 saturated carbocycles. The third-order valence-electron chi connectivity index (χ3n) is 5.96. The summed E-state index contributed by atoms with van der Waals surface area (Å²) in [5.74, 6) is 0.566. The zero-order valence-corrected chi connectivity index (χ0v) is 23.5. The molecular formula is C28H26N2O8S2. The number of amides is 2. The average molecular weight is 583 g/mol. The molecule has 3 aromatic carbocycles. The van der Waals surface area contributed by atoms with Gasteiger partial charge in [0, 0.05) is 12.1 Å². The van der Waals surface area contributed by atoms with E-state index in [4.69, 9.17) is 8.92 Å². The van der Waals surface area contributed by atoms with E-state index >= 15 is 0 Å². The van der Waals surface area contributed by atoms with Crippen molar-refractivity contribution in [3.05, 3.63) is 98.4 Å². The van der Waals surface area contributed by atoms with Gasteiger partial charge in [-0.2, -0.15) is 8.42 Å². The van der Waals surface area contributed by atoms with Gasteiger partial charge < -0.3 is 8.92 Å². The Labute approximate surface area is 235 Å². The van der Waals surface area contributed by atoms with E-state index in [2.05, 4.69) is 13.8 Å². The molecule has 2 amide bonds. The highest BCUT2D eigenvalue weighted by Gasteiger charge is 2.34. The number of nitro groups is 1. The maximum Gasteiger partial charge on any atom is 0.339 e. The van der Waals surface area contributed by atoms with Gasteiger partial charge in [0.05, 0.1) is 16.4 Å². The number of benzene rings is 3. The molecule has 0 atom stereocenters. The molecule has 12 heteroatoms. The number of imide groups is 1. The lowest BCUT2D eigenvalue weighted by Gasteiger charge is -2.17. The van der Waals surface area contributed by atoms with Gasteiger partial charge in [-0.25, -0.2) is 0 Å². The molecule has 40 heavy (non-hydrogen) atoms. The average Bonchev–Trinajstić information content (AvgIpc) is 3.17. The summed E-state index contributed by atoms with van der Waals surface area (Å²) in [6.07, 6.45) is 1.54. The lowest BCUT2D eigenvalue weighted by Crippen LogP contribution is -2.32.